The van der Waals surface area contributed by atoms with Crippen molar-refractivity contribution in [3.05, 3.63) is 0 Å². The number of hydrogen-bond donors (Lipinski definition) is 1. The first-order valence-electron chi connectivity index (χ1n) is 5.25. The second-order valence-electron chi connectivity index (χ2n) is 4.15. The molecular formula is C10H19NO. The fourth-order valence-electron chi connectivity index (χ4n) is 2.21. The Labute approximate surface area is 74.5 Å². The van der Waals surface area contributed by atoms with Crippen molar-refractivity contribution >= 4 is 0 Å². The van der Waals surface area contributed by atoms with Gasteiger partial charge in [0.25, 0.3) is 0 Å². The van der Waals surface area contributed by atoms with Crippen LogP contribution in [0.2, 0.25) is 0 Å². The molecule has 0 aromatic heterocycles. The summed E-state index contributed by atoms with van der Waals surface area (Å²) >= 11 is 0. The number of hydrogen-bond acceptors (Lipinski definition) is 2. The summed E-state index contributed by atoms with van der Waals surface area (Å²) in [7, 11) is 0. The fourth-order valence-corrected chi connectivity index (χ4v) is 2.21. The van der Waals surface area contributed by atoms with Crippen LogP contribution in [0.1, 0.15) is 38.5 Å². The summed E-state index contributed by atoms with van der Waals surface area (Å²) < 4.78 is 5.97. The van der Waals surface area contributed by atoms with Gasteiger partial charge >= 0.3 is 0 Å². The summed E-state index contributed by atoms with van der Waals surface area (Å²) in [6.45, 7) is 0.817. The maximum Gasteiger partial charge on any atom is 0.0619 e. The summed E-state index contributed by atoms with van der Waals surface area (Å²) in [5, 5.41) is 0. The minimum absolute atomic E-state index is 0.500. The molecule has 2 N–H and O–H groups in total. The lowest BCUT2D eigenvalue weighted by molar-refractivity contribution is -0.0645. The van der Waals surface area contributed by atoms with E-state index in [9.17, 15) is 0 Å². The van der Waals surface area contributed by atoms with Crippen LogP contribution in [0.5, 0.6) is 0 Å². The molecule has 0 radical (unpaired) electrons. The summed E-state index contributed by atoms with van der Waals surface area (Å²) in [5.41, 5.74) is 5.68. The van der Waals surface area contributed by atoms with Gasteiger partial charge in [0.1, 0.15) is 0 Å². The second-order valence-corrected chi connectivity index (χ2v) is 4.15. The van der Waals surface area contributed by atoms with E-state index in [0.29, 0.717) is 18.1 Å². The van der Waals surface area contributed by atoms with Gasteiger partial charge in [0.05, 0.1) is 12.2 Å². The number of nitrogens with two attached hydrogens (primary N) is 1. The molecule has 0 heterocycles. The molecule has 12 heavy (non-hydrogen) atoms. The van der Waals surface area contributed by atoms with Gasteiger partial charge in [-0.25, -0.2) is 0 Å². The molecule has 2 saturated carbocycles. The Kier molecular flexibility index (Phi) is 2.66. The monoisotopic (exact) mass is 169 g/mol. The molecule has 2 unspecified atom stereocenters. The van der Waals surface area contributed by atoms with Crippen LogP contribution in [0.4, 0.5) is 0 Å². The predicted molar refractivity (Wildman–Crippen MR) is 48.9 cm³/mol. The van der Waals surface area contributed by atoms with Crippen LogP contribution in [0, 0.1) is 5.92 Å². The molecule has 70 valence electrons. The van der Waals surface area contributed by atoms with Crippen molar-refractivity contribution in [2.75, 3.05) is 6.54 Å². The van der Waals surface area contributed by atoms with Crippen molar-refractivity contribution in [1.82, 2.24) is 0 Å². The zero-order valence-corrected chi connectivity index (χ0v) is 7.67. The Balaban J connectivity index is 1.77. The maximum atomic E-state index is 5.97. The third-order valence-electron chi connectivity index (χ3n) is 3.31. The Morgan fingerprint density at radius 1 is 1.08 bits per heavy atom. The normalized spacial score (nSPS) is 36.8. The van der Waals surface area contributed by atoms with Gasteiger partial charge in [0.2, 0.25) is 0 Å². The van der Waals surface area contributed by atoms with Crippen LogP contribution in [0.15, 0.2) is 0 Å². The van der Waals surface area contributed by atoms with Gasteiger partial charge in [0.15, 0.2) is 0 Å². The molecule has 2 rings (SSSR count). The van der Waals surface area contributed by atoms with Gasteiger partial charge in [-0.2, -0.15) is 0 Å². The highest BCUT2D eigenvalue weighted by molar-refractivity contribution is 4.81. The Hall–Kier alpha value is -0.0800. The van der Waals surface area contributed by atoms with Crippen molar-refractivity contribution in [2.24, 2.45) is 11.7 Å². The average molecular weight is 169 g/mol. The quantitative estimate of drug-likeness (QED) is 0.697. The van der Waals surface area contributed by atoms with Crippen LogP contribution in [-0.4, -0.2) is 18.8 Å². The SMILES string of the molecule is NCC1CCCC1OC1CCC1. The molecule has 0 spiro atoms. The summed E-state index contributed by atoms with van der Waals surface area (Å²) in [5.74, 6) is 0.658. The van der Waals surface area contributed by atoms with Gasteiger partial charge in [-0.15, -0.1) is 0 Å². The van der Waals surface area contributed by atoms with E-state index in [4.69, 9.17) is 10.5 Å². The van der Waals surface area contributed by atoms with Crippen LogP contribution in [-0.2, 0) is 4.74 Å². The van der Waals surface area contributed by atoms with E-state index >= 15 is 0 Å². The molecule has 0 bridgehead atoms. The predicted octanol–water partition coefficient (Wildman–Crippen LogP) is 1.68. The zero-order valence-electron chi connectivity index (χ0n) is 7.67. The van der Waals surface area contributed by atoms with E-state index in [2.05, 4.69) is 0 Å². The smallest absolute Gasteiger partial charge is 0.0619 e. The van der Waals surface area contributed by atoms with Crippen LogP contribution in [0.3, 0.4) is 0 Å². The molecule has 2 atom stereocenters. The Morgan fingerprint density at radius 3 is 2.42 bits per heavy atom. The van der Waals surface area contributed by atoms with Crippen LogP contribution in [0.25, 0.3) is 0 Å². The van der Waals surface area contributed by atoms with Crippen molar-refractivity contribution in [3.63, 3.8) is 0 Å². The van der Waals surface area contributed by atoms with Gasteiger partial charge in [-0.3, -0.25) is 0 Å². The fraction of sp³-hybridized carbons (Fsp3) is 1.00. The first-order chi connectivity index (χ1) is 5.90. The van der Waals surface area contributed by atoms with E-state index in [-0.39, 0.29) is 0 Å². The molecule has 0 saturated heterocycles. The number of rotatable bonds is 3. The lowest BCUT2D eigenvalue weighted by Crippen LogP contribution is -2.32. The van der Waals surface area contributed by atoms with Gasteiger partial charge in [-0.05, 0) is 44.6 Å². The van der Waals surface area contributed by atoms with Crippen molar-refractivity contribution < 1.29 is 4.74 Å². The summed E-state index contributed by atoms with van der Waals surface area (Å²) in [4.78, 5) is 0. The van der Waals surface area contributed by atoms with E-state index in [0.717, 1.165) is 6.54 Å². The highest BCUT2D eigenvalue weighted by Gasteiger charge is 2.30. The Morgan fingerprint density at radius 2 is 1.83 bits per heavy atom. The van der Waals surface area contributed by atoms with E-state index in [1.54, 1.807) is 0 Å². The van der Waals surface area contributed by atoms with E-state index in [1.165, 1.54) is 38.5 Å². The molecule has 2 aliphatic carbocycles. The molecule has 0 aromatic rings. The molecular weight excluding hydrogens is 150 g/mol. The van der Waals surface area contributed by atoms with Crippen molar-refractivity contribution in [1.29, 1.82) is 0 Å². The number of ether oxygens (including phenoxy) is 1. The second kappa shape index (κ2) is 3.75. The Bertz CT molecular complexity index is 145. The lowest BCUT2D eigenvalue weighted by atomic mass is 9.95. The first kappa shape index (κ1) is 8.52. The van der Waals surface area contributed by atoms with Crippen molar-refractivity contribution in [3.8, 4) is 0 Å². The lowest BCUT2D eigenvalue weighted by Gasteiger charge is -2.31. The molecule has 2 aliphatic rings. The zero-order chi connectivity index (χ0) is 8.39. The average Bonchev–Trinajstić information content (AvgIpc) is 2.43. The molecule has 0 amide bonds. The highest BCUT2D eigenvalue weighted by atomic mass is 16.5. The van der Waals surface area contributed by atoms with E-state index < -0.39 is 0 Å². The molecule has 2 nitrogen and oxygen atoms in total. The largest absolute Gasteiger partial charge is 0.375 e. The first-order valence-corrected chi connectivity index (χ1v) is 5.25. The third kappa shape index (κ3) is 1.64. The van der Waals surface area contributed by atoms with Crippen molar-refractivity contribution in [2.45, 2.75) is 50.7 Å². The molecule has 0 aromatic carbocycles. The molecule has 0 aliphatic heterocycles. The van der Waals surface area contributed by atoms with Crippen LogP contribution >= 0.6 is 0 Å². The standard InChI is InChI=1S/C10H19NO/c11-7-8-3-1-6-10(8)12-9-4-2-5-9/h8-10H,1-7,11H2. The maximum absolute atomic E-state index is 5.97. The topological polar surface area (TPSA) is 35.2 Å². The minimum Gasteiger partial charge on any atom is -0.375 e. The minimum atomic E-state index is 0.500. The summed E-state index contributed by atoms with van der Waals surface area (Å²) in [6, 6.07) is 0. The van der Waals surface area contributed by atoms with Gasteiger partial charge in [-0.1, -0.05) is 6.42 Å². The van der Waals surface area contributed by atoms with Gasteiger partial charge in [0, 0.05) is 0 Å². The third-order valence-corrected chi connectivity index (χ3v) is 3.31. The van der Waals surface area contributed by atoms with E-state index in [1.807, 2.05) is 0 Å². The summed E-state index contributed by atoms with van der Waals surface area (Å²) in [6.07, 6.45) is 8.88. The molecule has 2 heteroatoms. The molecule has 2 fully saturated rings. The van der Waals surface area contributed by atoms with Gasteiger partial charge < -0.3 is 10.5 Å². The highest BCUT2D eigenvalue weighted by Crippen LogP contribution is 2.32. The van der Waals surface area contributed by atoms with Crippen LogP contribution < -0.4 is 5.73 Å².